The van der Waals surface area contributed by atoms with Crippen molar-refractivity contribution >= 4 is 11.7 Å². The summed E-state index contributed by atoms with van der Waals surface area (Å²) in [5.41, 5.74) is -0.440. The largest absolute Gasteiger partial charge is 0.416 e. The number of carbonyl (C=O) groups excluding carboxylic acids is 1. The van der Waals surface area contributed by atoms with Crippen LogP contribution in [-0.2, 0) is 6.18 Å². The normalized spacial score (nSPS) is 12.9. The highest BCUT2D eigenvalue weighted by Gasteiger charge is 2.29. The van der Waals surface area contributed by atoms with Crippen molar-refractivity contribution in [3.63, 3.8) is 0 Å². The molecule has 0 spiro atoms. The van der Waals surface area contributed by atoms with Crippen LogP contribution in [0.1, 0.15) is 12.5 Å². The van der Waals surface area contributed by atoms with Gasteiger partial charge in [0.1, 0.15) is 0 Å². The molecular formula is C12H16F3N3O. The van der Waals surface area contributed by atoms with E-state index < -0.39 is 17.8 Å². The van der Waals surface area contributed by atoms with Crippen molar-refractivity contribution in [1.29, 1.82) is 0 Å². The number of urea groups is 1. The number of rotatable bonds is 4. The molecule has 1 atom stereocenters. The maximum absolute atomic E-state index is 12.3. The van der Waals surface area contributed by atoms with Crippen molar-refractivity contribution in [2.24, 2.45) is 0 Å². The average molecular weight is 275 g/mol. The van der Waals surface area contributed by atoms with Gasteiger partial charge in [-0.25, -0.2) is 4.79 Å². The number of anilines is 1. The highest BCUT2D eigenvalue weighted by Crippen LogP contribution is 2.29. The van der Waals surface area contributed by atoms with Gasteiger partial charge in [0, 0.05) is 18.3 Å². The molecule has 1 aromatic rings. The first kappa shape index (κ1) is 15.3. The molecule has 0 aliphatic rings. The van der Waals surface area contributed by atoms with Crippen LogP contribution in [0.3, 0.4) is 0 Å². The fraction of sp³-hybridized carbons (Fsp3) is 0.417. The number of alkyl halides is 3. The van der Waals surface area contributed by atoms with Crippen LogP contribution in [-0.4, -0.2) is 25.7 Å². The summed E-state index contributed by atoms with van der Waals surface area (Å²) in [6, 6.07) is 3.92. The second-order valence-corrected chi connectivity index (χ2v) is 4.10. The molecule has 0 radical (unpaired) electrons. The highest BCUT2D eigenvalue weighted by molar-refractivity contribution is 5.89. The van der Waals surface area contributed by atoms with E-state index in [1.54, 1.807) is 7.05 Å². The van der Waals surface area contributed by atoms with Gasteiger partial charge in [-0.05, 0) is 38.2 Å². The minimum Gasteiger partial charge on any atom is -0.336 e. The van der Waals surface area contributed by atoms with Gasteiger partial charge in [-0.2, -0.15) is 13.2 Å². The summed E-state index contributed by atoms with van der Waals surface area (Å²) in [6.07, 6.45) is -4.37. The first-order chi connectivity index (χ1) is 8.82. The molecule has 0 aliphatic heterocycles. The van der Waals surface area contributed by atoms with Gasteiger partial charge in [0.15, 0.2) is 0 Å². The Kier molecular flexibility index (Phi) is 5.17. The molecule has 4 nitrogen and oxygen atoms in total. The molecule has 2 amide bonds. The topological polar surface area (TPSA) is 53.2 Å². The molecule has 0 saturated carbocycles. The summed E-state index contributed by atoms with van der Waals surface area (Å²) in [5, 5.41) is 7.99. The zero-order valence-electron chi connectivity index (χ0n) is 10.6. The van der Waals surface area contributed by atoms with E-state index in [1.165, 1.54) is 12.1 Å². The SMILES string of the molecule is CNC(C)CNC(=O)Nc1ccc(C(F)(F)F)cc1. The minimum absolute atomic E-state index is 0.110. The Labute approximate surface area is 109 Å². The Bertz CT molecular complexity index is 417. The lowest BCUT2D eigenvalue weighted by atomic mass is 10.2. The predicted octanol–water partition coefficient (Wildman–Crippen LogP) is 2.43. The molecule has 0 saturated heterocycles. The quantitative estimate of drug-likeness (QED) is 0.790. The predicted molar refractivity (Wildman–Crippen MR) is 67.0 cm³/mol. The van der Waals surface area contributed by atoms with Crippen molar-refractivity contribution in [3.05, 3.63) is 29.8 Å². The third kappa shape index (κ3) is 5.17. The van der Waals surface area contributed by atoms with Crippen LogP contribution in [0.4, 0.5) is 23.7 Å². The summed E-state index contributed by atoms with van der Waals surface area (Å²) in [6.45, 7) is 2.31. The smallest absolute Gasteiger partial charge is 0.336 e. The van der Waals surface area contributed by atoms with Gasteiger partial charge >= 0.3 is 12.2 Å². The Morgan fingerprint density at radius 2 is 1.84 bits per heavy atom. The van der Waals surface area contributed by atoms with Crippen LogP contribution in [0.2, 0.25) is 0 Å². The van der Waals surface area contributed by atoms with E-state index in [1.807, 2.05) is 6.92 Å². The summed E-state index contributed by atoms with van der Waals surface area (Å²) in [7, 11) is 1.76. The lowest BCUT2D eigenvalue weighted by Crippen LogP contribution is -2.39. The average Bonchev–Trinajstić information content (AvgIpc) is 2.35. The number of hydrogen-bond acceptors (Lipinski definition) is 2. The summed E-state index contributed by atoms with van der Waals surface area (Å²) in [4.78, 5) is 11.4. The number of halogens is 3. The Balaban J connectivity index is 2.51. The van der Waals surface area contributed by atoms with E-state index in [0.29, 0.717) is 12.2 Å². The van der Waals surface area contributed by atoms with E-state index in [4.69, 9.17) is 0 Å². The lowest BCUT2D eigenvalue weighted by molar-refractivity contribution is -0.137. The van der Waals surface area contributed by atoms with Crippen molar-refractivity contribution < 1.29 is 18.0 Å². The first-order valence-corrected chi connectivity index (χ1v) is 5.72. The van der Waals surface area contributed by atoms with E-state index in [2.05, 4.69) is 16.0 Å². The molecule has 1 unspecified atom stereocenters. The Hall–Kier alpha value is -1.76. The molecule has 0 fully saturated rings. The summed E-state index contributed by atoms with van der Waals surface area (Å²) in [5.74, 6) is 0. The molecule has 0 aliphatic carbocycles. The summed E-state index contributed by atoms with van der Waals surface area (Å²) >= 11 is 0. The number of benzene rings is 1. The molecule has 1 aromatic carbocycles. The van der Waals surface area contributed by atoms with Crippen LogP contribution in [0.15, 0.2) is 24.3 Å². The van der Waals surface area contributed by atoms with E-state index in [-0.39, 0.29) is 6.04 Å². The van der Waals surface area contributed by atoms with Gasteiger partial charge in [-0.15, -0.1) is 0 Å². The van der Waals surface area contributed by atoms with Crippen molar-refractivity contribution in [2.75, 3.05) is 18.9 Å². The van der Waals surface area contributed by atoms with Gasteiger partial charge in [0.05, 0.1) is 5.56 Å². The second-order valence-electron chi connectivity index (χ2n) is 4.10. The van der Waals surface area contributed by atoms with Crippen molar-refractivity contribution in [3.8, 4) is 0 Å². The molecule has 1 rings (SSSR count). The second kappa shape index (κ2) is 6.42. The monoisotopic (exact) mass is 275 g/mol. The fourth-order valence-corrected chi connectivity index (χ4v) is 1.27. The molecule has 0 aromatic heterocycles. The standard InChI is InChI=1S/C12H16F3N3O/c1-8(16-2)7-17-11(19)18-10-5-3-9(4-6-10)12(13,14)15/h3-6,8,16H,7H2,1-2H3,(H2,17,18,19). The highest BCUT2D eigenvalue weighted by atomic mass is 19.4. The zero-order valence-corrected chi connectivity index (χ0v) is 10.6. The number of hydrogen-bond donors (Lipinski definition) is 3. The van der Waals surface area contributed by atoms with Gasteiger partial charge in [0.25, 0.3) is 0 Å². The van der Waals surface area contributed by atoms with Gasteiger partial charge in [0.2, 0.25) is 0 Å². The van der Waals surface area contributed by atoms with E-state index >= 15 is 0 Å². The van der Waals surface area contributed by atoms with Gasteiger partial charge < -0.3 is 16.0 Å². The number of carbonyl (C=O) groups is 1. The fourth-order valence-electron chi connectivity index (χ4n) is 1.27. The molecule has 106 valence electrons. The van der Waals surface area contributed by atoms with Crippen molar-refractivity contribution in [2.45, 2.75) is 19.1 Å². The van der Waals surface area contributed by atoms with Gasteiger partial charge in [-0.3, -0.25) is 0 Å². The molecule has 0 bridgehead atoms. The van der Waals surface area contributed by atoms with Crippen molar-refractivity contribution in [1.82, 2.24) is 10.6 Å². The molecule has 0 heterocycles. The van der Waals surface area contributed by atoms with E-state index in [0.717, 1.165) is 12.1 Å². The number of likely N-dealkylation sites (N-methyl/N-ethyl adjacent to an activating group) is 1. The number of nitrogens with one attached hydrogen (secondary N) is 3. The Morgan fingerprint density at radius 3 is 2.32 bits per heavy atom. The summed E-state index contributed by atoms with van der Waals surface area (Å²) < 4.78 is 37.0. The van der Waals surface area contributed by atoms with Crippen LogP contribution in [0.25, 0.3) is 0 Å². The van der Waals surface area contributed by atoms with Crippen LogP contribution >= 0.6 is 0 Å². The van der Waals surface area contributed by atoms with Gasteiger partial charge in [-0.1, -0.05) is 0 Å². The van der Waals surface area contributed by atoms with Crippen LogP contribution in [0, 0.1) is 0 Å². The maximum atomic E-state index is 12.3. The first-order valence-electron chi connectivity index (χ1n) is 5.72. The van der Waals surface area contributed by atoms with E-state index in [9.17, 15) is 18.0 Å². The zero-order chi connectivity index (χ0) is 14.5. The lowest BCUT2D eigenvalue weighted by Gasteiger charge is -2.12. The van der Waals surface area contributed by atoms with Crippen LogP contribution in [0.5, 0.6) is 0 Å². The molecule has 3 N–H and O–H groups in total. The maximum Gasteiger partial charge on any atom is 0.416 e. The van der Waals surface area contributed by atoms with Crippen LogP contribution < -0.4 is 16.0 Å². The molecular weight excluding hydrogens is 259 g/mol. The molecule has 19 heavy (non-hydrogen) atoms. The third-order valence-corrected chi connectivity index (χ3v) is 2.53. The molecule has 7 heteroatoms. The Morgan fingerprint density at radius 1 is 1.26 bits per heavy atom. The number of amides is 2. The third-order valence-electron chi connectivity index (χ3n) is 2.53. The minimum atomic E-state index is -4.37.